The number of benzene rings is 1. The van der Waals surface area contributed by atoms with Gasteiger partial charge in [0.2, 0.25) is 0 Å². The number of nitro benzene ring substituents is 1. The number of nitrogens with zero attached hydrogens (tertiary/aromatic N) is 1. The smallest absolute Gasteiger partial charge is 0.275 e. The molecule has 90 valence electrons. The molecule has 1 aromatic carbocycles. The van der Waals surface area contributed by atoms with Gasteiger partial charge < -0.3 is 5.32 Å². The fourth-order valence-electron chi connectivity index (χ4n) is 1.39. The van der Waals surface area contributed by atoms with Crippen molar-refractivity contribution in [3.8, 4) is 12.3 Å². The highest BCUT2D eigenvalue weighted by Crippen LogP contribution is 2.23. The molecule has 5 heteroatoms. The molecule has 17 heavy (non-hydrogen) atoms. The molecule has 1 N–H and O–H groups in total. The van der Waals surface area contributed by atoms with Crippen molar-refractivity contribution in [1.29, 1.82) is 0 Å². The third-order valence-electron chi connectivity index (χ3n) is 2.31. The first kappa shape index (κ1) is 13.7. The van der Waals surface area contributed by atoms with Crippen molar-refractivity contribution < 1.29 is 4.92 Å². The summed E-state index contributed by atoms with van der Waals surface area (Å²) in [6.45, 7) is 2.39. The van der Waals surface area contributed by atoms with Crippen molar-refractivity contribution in [3.05, 3.63) is 38.3 Å². The van der Waals surface area contributed by atoms with Gasteiger partial charge in [0.15, 0.2) is 0 Å². The number of nitrogens with one attached hydrogen (secondary N) is 1. The van der Waals surface area contributed by atoms with Gasteiger partial charge in [-0.25, -0.2) is 0 Å². The summed E-state index contributed by atoms with van der Waals surface area (Å²) in [4.78, 5) is 10.5. The van der Waals surface area contributed by atoms with Crippen LogP contribution in [0.1, 0.15) is 18.9 Å². The summed E-state index contributed by atoms with van der Waals surface area (Å²) in [6.07, 6.45) is 5.79. The minimum Gasteiger partial charge on any atom is -0.309 e. The Morgan fingerprint density at radius 3 is 2.94 bits per heavy atom. The molecule has 4 nitrogen and oxygen atoms in total. The Bertz CT molecular complexity index is 454. The van der Waals surface area contributed by atoms with E-state index in [9.17, 15) is 10.1 Å². The second-order valence-corrected chi connectivity index (χ2v) is 4.64. The summed E-state index contributed by atoms with van der Waals surface area (Å²) in [7, 11) is 0. The molecule has 0 aliphatic heterocycles. The van der Waals surface area contributed by atoms with E-state index in [2.05, 4.69) is 27.2 Å². The average Bonchev–Trinajstić information content (AvgIpc) is 2.27. The van der Waals surface area contributed by atoms with Crippen molar-refractivity contribution in [2.75, 3.05) is 0 Å². The predicted octanol–water partition coefficient (Wildman–Crippen LogP) is 2.86. The molecular weight excluding hydrogens is 284 g/mol. The van der Waals surface area contributed by atoms with Crippen LogP contribution in [0, 0.1) is 22.5 Å². The first-order valence-electron chi connectivity index (χ1n) is 5.14. The number of hydrogen-bond acceptors (Lipinski definition) is 3. The van der Waals surface area contributed by atoms with Crippen LogP contribution in [-0.4, -0.2) is 11.0 Å². The van der Waals surface area contributed by atoms with E-state index in [0.717, 1.165) is 0 Å². The molecule has 1 atom stereocenters. The van der Waals surface area contributed by atoms with Crippen LogP contribution < -0.4 is 5.32 Å². The molecular formula is C12H13BrN2O2. The zero-order chi connectivity index (χ0) is 12.8. The summed E-state index contributed by atoms with van der Waals surface area (Å²) in [6, 6.07) is 5.17. The van der Waals surface area contributed by atoms with Crippen LogP contribution >= 0.6 is 15.9 Å². The molecule has 1 unspecified atom stereocenters. The van der Waals surface area contributed by atoms with Crippen molar-refractivity contribution in [1.82, 2.24) is 5.32 Å². The first-order valence-corrected chi connectivity index (χ1v) is 5.93. The third-order valence-corrected chi connectivity index (χ3v) is 2.80. The van der Waals surface area contributed by atoms with Gasteiger partial charge >= 0.3 is 0 Å². The predicted molar refractivity (Wildman–Crippen MR) is 70.5 cm³/mol. The van der Waals surface area contributed by atoms with Crippen LogP contribution in [0.4, 0.5) is 5.69 Å². The van der Waals surface area contributed by atoms with Crippen LogP contribution in [-0.2, 0) is 6.54 Å². The lowest BCUT2D eigenvalue weighted by Gasteiger charge is -2.10. The Morgan fingerprint density at radius 2 is 2.35 bits per heavy atom. The van der Waals surface area contributed by atoms with E-state index in [1.807, 2.05) is 6.92 Å². The minimum atomic E-state index is -0.381. The largest absolute Gasteiger partial charge is 0.309 e. The van der Waals surface area contributed by atoms with Gasteiger partial charge in [0, 0.05) is 35.1 Å². The summed E-state index contributed by atoms with van der Waals surface area (Å²) < 4.78 is 0.699. The van der Waals surface area contributed by atoms with E-state index in [4.69, 9.17) is 6.42 Å². The summed E-state index contributed by atoms with van der Waals surface area (Å²) in [5.74, 6) is 2.55. The van der Waals surface area contributed by atoms with Crippen molar-refractivity contribution >= 4 is 21.6 Å². The van der Waals surface area contributed by atoms with Crippen molar-refractivity contribution in [2.24, 2.45) is 0 Å². The van der Waals surface area contributed by atoms with Crippen LogP contribution in [0.2, 0.25) is 0 Å². The molecule has 0 heterocycles. The standard InChI is InChI=1S/C12H13BrN2O2/c1-3-4-9(2)14-8-10-5-6-11(13)7-12(10)15(16)17/h1,5-7,9,14H,4,8H2,2H3. The fourth-order valence-corrected chi connectivity index (χ4v) is 1.74. The van der Waals surface area contributed by atoms with Crippen LogP contribution in [0.5, 0.6) is 0 Å². The maximum atomic E-state index is 10.9. The maximum Gasteiger partial charge on any atom is 0.275 e. The molecule has 0 aromatic heterocycles. The first-order chi connectivity index (χ1) is 8.04. The van der Waals surface area contributed by atoms with Crippen molar-refractivity contribution in [2.45, 2.75) is 25.9 Å². The molecule has 0 radical (unpaired) electrons. The Balaban J connectivity index is 2.77. The van der Waals surface area contributed by atoms with Crippen molar-refractivity contribution in [3.63, 3.8) is 0 Å². The van der Waals surface area contributed by atoms with Gasteiger partial charge in [-0.15, -0.1) is 12.3 Å². The molecule has 0 spiro atoms. The zero-order valence-corrected chi connectivity index (χ0v) is 11.0. The Hall–Kier alpha value is -1.38. The molecule has 0 saturated heterocycles. The van der Waals surface area contributed by atoms with E-state index in [0.29, 0.717) is 23.0 Å². The highest BCUT2D eigenvalue weighted by molar-refractivity contribution is 9.10. The number of nitro groups is 1. The molecule has 0 fully saturated rings. The van der Waals surface area contributed by atoms with E-state index in [1.165, 1.54) is 6.07 Å². The van der Waals surface area contributed by atoms with Gasteiger partial charge in [0.25, 0.3) is 5.69 Å². The number of halogens is 1. The monoisotopic (exact) mass is 296 g/mol. The van der Waals surface area contributed by atoms with Gasteiger partial charge in [-0.2, -0.15) is 0 Å². The lowest BCUT2D eigenvalue weighted by Crippen LogP contribution is -2.25. The van der Waals surface area contributed by atoms with Gasteiger partial charge in [0.05, 0.1) is 4.92 Å². The summed E-state index contributed by atoms with van der Waals surface area (Å²) in [5.41, 5.74) is 0.766. The summed E-state index contributed by atoms with van der Waals surface area (Å²) >= 11 is 3.22. The second kappa shape index (κ2) is 6.38. The highest BCUT2D eigenvalue weighted by atomic mass is 79.9. The molecule has 0 bridgehead atoms. The third kappa shape index (κ3) is 4.17. The average molecular weight is 297 g/mol. The zero-order valence-electron chi connectivity index (χ0n) is 9.44. The van der Waals surface area contributed by atoms with Gasteiger partial charge in [0.1, 0.15) is 0 Å². The summed E-state index contributed by atoms with van der Waals surface area (Å²) in [5, 5.41) is 14.0. The van der Waals surface area contributed by atoms with E-state index < -0.39 is 0 Å². The van der Waals surface area contributed by atoms with Gasteiger partial charge in [-0.05, 0) is 19.1 Å². The molecule has 0 aliphatic rings. The lowest BCUT2D eigenvalue weighted by atomic mass is 10.1. The SMILES string of the molecule is C#CCC(C)NCc1ccc(Br)cc1[N+](=O)[O-]. The van der Waals surface area contributed by atoms with E-state index in [1.54, 1.807) is 12.1 Å². The number of rotatable bonds is 5. The number of hydrogen-bond donors (Lipinski definition) is 1. The molecule has 1 aromatic rings. The fraction of sp³-hybridized carbons (Fsp3) is 0.333. The van der Waals surface area contributed by atoms with E-state index >= 15 is 0 Å². The van der Waals surface area contributed by atoms with Crippen LogP contribution in [0.15, 0.2) is 22.7 Å². The van der Waals surface area contributed by atoms with Gasteiger partial charge in [-0.1, -0.05) is 15.9 Å². The maximum absolute atomic E-state index is 10.9. The Morgan fingerprint density at radius 1 is 1.65 bits per heavy atom. The molecule has 1 rings (SSSR count). The van der Waals surface area contributed by atoms with E-state index in [-0.39, 0.29) is 16.7 Å². The molecule has 0 saturated carbocycles. The van der Waals surface area contributed by atoms with Crippen LogP contribution in [0.3, 0.4) is 0 Å². The Kier molecular flexibility index (Phi) is 5.13. The lowest BCUT2D eigenvalue weighted by molar-refractivity contribution is -0.385. The van der Waals surface area contributed by atoms with Gasteiger partial charge in [-0.3, -0.25) is 10.1 Å². The minimum absolute atomic E-state index is 0.111. The second-order valence-electron chi connectivity index (χ2n) is 3.72. The molecule has 0 aliphatic carbocycles. The quantitative estimate of drug-likeness (QED) is 0.516. The number of terminal acetylenes is 1. The van der Waals surface area contributed by atoms with Crippen LogP contribution in [0.25, 0.3) is 0 Å². The molecule has 0 amide bonds. The normalized spacial score (nSPS) is 11.8. The highest BCUT2D eigenvalue weighted by Gasteiger charge is 2.14. The topological polar surface area (TPSA) is 55.2 Å². The Labute approximate surface area is 109 Å².